The number of hydrogen-bond donors (Lipinski definition) is 0. The largest absolute Gasteiger partial charge is 0.492 e. The molecule has 0 aliphatic heterocycles. The second-order valence-corrected chi connectivity index (χ2v) is 6.09. The zero-order valence-electron chi connectivity index (χ0n) is 9.77. The first-order valence-corrected chi connectivity index (χ1v) is 7.76. The van der Waals surface area contributed by atoms with Gasteiger partial charge in [0.05, 0.1) is 11.1 Å². The van der Waals surface area contributed by atoms with Crippen molar-refractivity contribution in [2.45, 2.75) is 30.5 Å². The third kappa shape index (κ3) is 3.67. The van der Waals surface area contributed by atoms with E-state index in [1.54, 1.807) is 0 Å². The van der Waals surface area contributed by atoms with Gasteiger partial charge in [-0.3, -0.25) is 0 Å². The highest BCUT2D eigenvalue weighted by molar-refractivity contribution is 9.10. The molecule has 0 bridgehead atoms. The molecule has 0 heterocycles. The zero-order valence-corrected chi connectivity index (χ0v) is 12.9. The van der Waals surface area contributed by atoms with E-state index in [0.717, 1.165) is 21.1 Å². The van der Waals surface area contributed by atoms with E-state index < -0.39 is 5.92 Å². The molecule has 1 saturated carbocycles. The van der Waals surface area contributed by atoms with E-state index in [0.29, 0.717) is 13.0 Å². The lowest BCUT2D eigenvalue weighted by Crippen LogP contribution is -2.14. The molecule has 0 spiro atoms. The van der Waals surface area contributed by atoms with Crippen molar-refractivity contribution < 1.29 is 13.5 Å². The number of rotatable bonds is 4. The van der Waals surface area contributed by atoms with Crippen LogP contribution in [0.25, 0.3) is 0 Å². The van der Waals surface area contributed by atoms with E-state index in [2.05, 4.69) is 31.9 Å². The molecule has 18 heavy (non-hydrogen) atoms. The van der Waals surface area contributed by atoms with Gasteiger partial charge in [0.2, 0.25) is 5.92 Å². The Balaban J connectivity index is 1.91. The third-order valence-corrected chi connectivity index (χ3v) is 4.40. The van der Waals surface area contributed by atoms with Crippen LogP contribution in [0.3, 0.4) is 0 Å². The molecular weight excluding hydrogens is 370 g/mol. The average Bonchev–Trinajstić information content (AvgIpc) is 2.67. The average molecular weight is 384 g/mol. The van der Waals surface area contributed by atoms with Crippen LogP contribution in [0.4, 0.5) is 8.78 Å². The van der Waals surface area contributed by atoms with Crippen molar-refractivity contribution in [1.82, 2.24) is 0 Å². The lowest BCUT2D eigenvalue weighted by Gasteiger charge is -2.13. The van der Waals surface area contributed by atoms with Crippen LogP contribution in [0.5, 0.6) is 5.75 Å². The summed E-state index contributed by atoms with van der Waals surface area (Å²) < 4.78 is 32.5. The summed E-state index contributed by atoms with van der Waals surface area (Å²) in [5.74, 6) is -1.82. The van der Waals surface area contributed by atoms with E-state index >= 15 is 0 Å². The fraction of sp³-hybridized carbons (Fsp3) is 0.538. The van der Waals surface area contributed by atoms with E-state index in [9.17, 15) is 8.78 Å². The van der Waals surface area contributed by atoms with Crippen molar-refractivity contribution in [2.24, 2.45) is 5.92 Å². The maximum Gasteiger partial charge on any atom is 0.248 e. The molecule has 1 aliphatic rings. The maximum absolute atomic E-state index is 13.0. The summed E-state index contributed by atoms with van der Waals surface area (Å²) in [6, 6.07) is 5.79. The highest BCUT2D eigenvalue weighted by Crippen LogP contribution is 2.39. The molecule has 100 valence electrons. The molecular formula is C13H14Br2F2O. The van der Waals surface area contributed by atoms with Crippen molar-refractivity contribution in [3.63, 3.8) is 0 Å². The monoisotopic (exact) mass is 382 g/mol. The summed E-state index contributed by atoms with van der Waals surface area (Å²) >= 11 is 6.80. The Morgan fingerprint density at radius 1 is 1.39 bits per heavy atom. The summed E-state index contributed by atoms with van der Waals surface area (Å²) in [5.41, 5.74) is 1.14. The van der Waals surface area contributed by atoms with Crippen LogP contribution < -0.4 is 4.74 Å². The number of ether oxygens (including phenoxy) is 1. The Hall–Kier alpha value is -0.160. The van der Waals surface area contributed by atoms with E-state index in [-0.39, 0.29) is 18.8 Å². The van der Waals surface area contributed by atoms with Crippen LogP contribution in [0.2, 0.25) is 0 Å². The minimum Gasteiger partial charge on any atom is -0.492 e. The Kier molecular flexibility index (Phi) is 4.64. The third-order valence-electron chi connectivity index (χ3n) is 3.13. The Labute approximate surface area is 122 Å². The SMILES string of the molecule is FC1(F)CCC(COc2ccc(CBr)cc2Br)C1. The molecule has 1 aliphatic carbocycles. The topological polar surface area (TPSA) is 9.23 Å². The summed E-state index contributed by atoms with van der Waals surface area (Å²) in [5, 5.41) is 0.778. The quantitative estimate of drug-likeness (QED) is 0.652. The van der Waals surface area contributed by atoms with Crippen LogP contribution in [-0.4, -0.2) is 12.5 Å². The van der Waals surface area contributed by atoms with Crippen molar-refractivity contribution in [1.29, 1.82) is 0 Å². The van der Waals surface area contributed by atoms with Gasteiger partial charge in [0.15, 0.2) is 0 Å². The highest BCUT2D eigenvalue weighted by Gasteiger charge is 2.39. The van der Waals surface area contributed by atoms with Crippen LogP contribution >= 0.6 is 31.9 Å². The first-order valence-electron chi connectivity index (χ1n) is 5.85. The maximum atomic E-state index is 13.0. The van der Waals surface area contributed by atoms with Gasteiger partial charge in [-0.15, -0.1) is 0 Å². The molecule has 1 fully saturated rings. The normalized spacial score (nSPS) is 22.1. The minimum atomic E-state index is -2.49. The standard InChI is InChI=1S/C13H14Br2F2O/c14-7-9-1-2-12(11(15)5-9)18-8-10-3-4-13(16,17)6-10/h1-2,5,10H,3-4,6-8H2. The van der Waals surface area contributed by atoms with Gasteiger partial charge in [0.25, 0.3) is 0 Å². The zero-order chi connectivity index (χ0) is 13.2. The molecule has 0 amide bonds. The minimum absolute atomic E-state index is 0.00921. The van der Waals surface area contributed by atoms with Crippen molar-refractivity contribution in [3.8, 4) is 5.75 Å². The lowest BCUT2D eigenvalue weighted by molar-refractivity contribution is 0.00291. The van der Waals surface area contributed by atoms with Crippen LogP contribution in [0.1, 0.15) is 24.8 Å². The van der Waals surface area contributed by atoms with Gasteiger partial charge in [0, 0.05) is 18.2 Å². The van der Waals surface area contributed by atoms with Gasteiger partial charge in [-0.05, 0) is 46.0 Å². The first-order chi connectivity index (χ1) is 8.50. The number of benzene rings is 1. The lowest BCUT2D eigenvalue weighted by atomic mass is 10.1. The first kappa shape index (κ1) is 14.3. The fourth-order valence-electron chi connectivity index (χ4n) is 2.14. The molecule has 1 atom stereocenters. The van der Waals surface area contributed by atoms with E-state index in [1.807, 2.05) is 18.2 Å². The summed E-state index contributed by atoms with van der Waals surface area (Å²) in [4.78, 5) is 0. The molecule has 2 rings (SSSR count). The predicted octanol–water partition coefficient (Wildman–Crippen LogP) is 5.16. The Morgan fingerprint density at radius 2 is 2.17 bits per heavy atom. The smallest absolute Gasteiger partial charge is 0.248 e. The molecule has 0 N–H and O–H groups in total. The van der Waals surface area contributed by atoms with Crippen molar-refractivity contribution in [2.75, 3.05) is 6.61 Å². The van der Waals surface area contributed by atoms with Crippen molar-refractivity contribution in [3.05, 3.63) is 28.2 Å². The number of hydrogen-bond acceptors (Lipinski definition) is 1. The van der Waals surface area contributed by atoms with Gasteiger partial charge >= 0.3 is 0 Å². The van der Waals surface area contributed by atoms with E-state index in [4.69, 9.17) is 4.74 Å². The molecule has 1 aromatic rings. The number of alkyl halides is 3. The second kappa shape index (κ2) is 5.87. The molecule has 1 unspecified atom stereocenters. The second-order valence-electron chi connectivity index (χ2n) is 4.67. The summed E-state index contributed by atoms with van der Waals surface area (Å²) in [6.45, 7) is 0.363. The molecule has 0 aromatic heterocycles. The van der Waals surface area contributed by atoms with Gasteiger partial charge in [-0.25, -0.2) is 8.78 Å². The Morgan fingerprint density at radius 3 is 2.72 bits per heavy atom. The number of halogens is 4. The van der Waals surface area contributed by atoms with Gasteiger partial charge in [-0.2, -0.15) is 0 Å². The Bertz CT molecular complexity index is 423. The molecule has 0 saturated heterocycles. The molecule has 5 heteroatoms. The van der Waals surface area contributed by atoms with E-state index in [1.165, 1.54) is 0 Å². The van der Waals surface area contributed by atoms with Gasteiger partial charge in [0.1, 0.15) is 5.75 Å². The van der Waals surface area contributed by atoms with Crippen LogP contribution in [0.15, 0.2) is 22.7 Å². The van der Waals surface area contributed by atoms with Gasteiger partial charge in [-0.1, -0.05) is 22.0 Å². The molecule has 0 radical (unpaired) electrons. The van der Waals surface area contributed by atoms with Crippen LogP contribution in [-0.2, 0) is 5.33 Å². The fourth-order valence-corrected chi connectivity index (χ4v) is 3.03. The molecule has 1 aromatic carbocycles. The highest BCUT2D eigenvalue weighted by atomic mass is 79.9. The summed E-state index contributed by atoms with van der Waals surface area (Å²) in [7, 11) is 0. The van der Waals surface area contributed by atoms with Gasteiger partial charge < -0.3 is 4.74 Å². The summed E-state index contributed by atoms with van der Waals surface area (Å²) in [6.07, 6.45) is 0.485. The van der Waals surface area contributed by atoms with Crippen molar-refractivity contribution >= 4 is 31.9 Å². The predicted molar refractivity (Wildman–Crippen MR) is 74.6 cm³/mol. The van der Waals surface area contributed by atoms with Crippen LogP contribution in [0, 0.1) is 5.92 Å². The molecule has 1 nitrogen and oxygen atoms in total.